The number of phenols is 1. The van der Waals surface area contributed by atoms with Crippen molar-refractivity contribution in [3.8, 4) is 5.75 Å². The first kappa shape index (κ1) is 16.6. The van der Waals surface area contributed by atoms with Crippen LogP contribution in [-0.4, -0.2) is 33.6 Å². The fourth-order valence-corrected chi connectivity index (χ4v) is 3.72. The second-order valence-corrected chi connectivity index (χ2v) is 6.83. The number of nitrogens with one attached hydrogen (secondary N) is 1. The van der Waals surface area contributed by atoms with Crippen molar-refractivity contribution in [2.45, 2.75) is 0 Å². The van der Waals surface area contributed by atoms with E-state index in [1.165, 1.54) is 28.8 Å². The van der Waals surface area contributed by atoms with Gasteiger partial charge in [-0.3, -0.25) is 14.5 Å². The number of carbonyl (C=O) groups excluding carboxylic acids is 2. The number of aromatic hydroxyl groups is 1. The Morgan fingerprint density at radius 2 is 1.88 bits per heavy atom. The molecule has 2 aromatic carbocycles. The molecule has 0 aromatic heterocycles. The minimum absolute atomic E-state index is 0.0978. The molecule has 0 radical (unpaired) electrons. The smallest absolute Gasteiger partial charge is 0.276 e. The van der Waals surface area contributed by atoms with Gasteiger partial charge in [0.25, 0.3) is 5.91 Å². The predicted molar refractivity (Wildman–Crippen MR) is 102 cm³/mol. The molecule has 130 valence electrons. The predicted octanol–water partition coefficient (Wildman–Crippen LogP) is 2.84. The highest BCUT2D eigenvalue weighted by molar-refractivity contribution is 8.15. The minimum atomic E-state index is -0.400. The summed E-state index contributed by atoms with van der Waals surface area (Å²) in [5.41, 5.74) is 1.73. The number of thioether (sulfide) groups is 1. The molecule has 7 nitrogen and oxygen atoms in total. The molecule has 26 heavy (non-hydrogen) atoms. The average Bonchev–Trinajstić information content (AvgIpc) is 3.14. The zero-order chi connectivity index (χ0) is 18.3. The Hall–Kier alpha value is -2.84. The van der Waals surface area contributed by atoms with Crippen LogP contribution in [0.2, 0.25) is 5.02 Å². The van der Waals surface area contributed by atoms with Gasteiger partial charge in [-0.15, -0.1) is 10.2 Å². The van der Waals surface area contributed by atoms with Crippen LogP contribution in [0.15, 0.2) is 52.7 Å². The fraction of sp³-hybridized carbons (Fsp3) is 0.0588. The maximum absolute atomic E-state index is 12.2. The number of benzene rings is 2. The number of anilines is 2. The second kappa shape index (κ2) is 6.47. The van der Waals surface area contributed by atoms with Crippen LogP contribution >= 0.6 is 23.4 Å². The van der Waals surface area contributed by atoms with Crippen LogP contribution in [0.4, 0.5) is 11.4 Å². The van der Waals surface area contributed by atoms with E-state index in [-0.39, 0.29) is 23.1 Å². The number of phenolic OH excluding ortho intramolecular Hbond substituents is 1. The Morgan fingerprint density at radius 1 is 1.12 bits per heavy atom. The minimum Gasteiger partial charge on any atom is -0.508 e. The maximum Gasteiger partial charge on any atom is 0.276 e. The van der Waals surface area contributed by atoms with E-state index in [1.807, 2.05) is 0 Å². The molecule has 9 heteroatoms. The lowest BCUT2D eigenvalue weighted by molar-refractivity contribution is -0.115. The highest BCUT2D eigenvalue weighted by atomic mass is 35.5. The summed E-state index contributed by atoms with van der Waals surface area (Å²) in [7, 11) is 0. The SMILES string of the molecule is O=C1Nc2cccc(Cl)c2/C1=N/N=C1\SCC(=O)N1c1ccc(O)cc1. The van der Waals surface area contributed by atoms with Gasteiger partial charge in [-0.2, -0.15) is 0 Å². The lowest BCUT2D eigenvalue weighted by Gasteiger charge is -2.15. The van der Waals surface area contributed by atoms with E-state index in [0.717, 1.165) is 0 Å². The van der Waals surface area contributed by atoms with Gasteiger partial charge >= 0.3 is 0 Å². The van der Waals surface area contributed by atoms with Crippen LogP contribution in [0.1, 0.15) is 5.56 Å². The standard InChI is InChI=1S/C17H11ClN4O3S/c18-11-2-1-3-12-14(11)15(16(25)19-12)20-21-17-22(13(24)8-26-17)9-4-6-10(23)7-5-9/h1-7,23H,8H2,(H,19,20,25)/b21-17-. The van der Waals surface area contributed by atoms with Crippen molar-refractivity contribution in [2.24, 2.45) is 10.2 Å². The number of amides is 2. The zero-order valence-electron chi connectivity index (χ0n) is 13.1. The largest absolute Gasteiger partial charge is 0.508 e. The van der Waals surface area contributed by atoms with Gasteiger partial charge < -0.3 is 10.4 Å². The first-order valence-electron chi connectivity index (χ1n) is 7.55. The first-order chi connectivity index (χ1) is 12.5. The van der Waals surface area contributed by atoms with Crippen LogP contribution in [0.25, 0.3) is 0 Å². The quantitative estimate of drug-likeness (QED) is 0.776. The molecule has 2 heterocycles. The summed E-state index contributed by atoms with van der Waals surface area (Å²) in [5, 5.41) is 21.0. The van der Waals surface area contributed by atoms with Gasteiger partial charge in [-0.1, -0.05) is 29.4 Å². The van der Waals surface area contributed by atoms with Crippen molar-refractivity contribution in [3.05, 3.63) is 53.1 Å². The molecule has 0 spiro atoms. The Balaban J connectivity index is 1.72. The summed E-state index contributed by atoms with van der Waals surface area (Å²) < 4.78 is 0. The summed E-state index contributed by atoms with van der Waals surface area (Å²) in [6, 6.07) is 11.3. The molecule has 2 aliphatic heterocycles. The molecule has 2 aliphatic rings. The lowest BCUT2D eigenvalue weighted by atomic mass is 10.1. The third-order valence-corrected chi connectivity index (χ3v) is 5.05. The van der Waals surface area contributed by atoms with Crippen LogP contribution in [0.5, 0.6) is 5.75 Å². The molecule has 0 saturated carbocycles. The molecule has 4 rings (SSSR count). The molecule has 0 aliphatic carbocycles. The van der Waals surface area contributed by atoms with Crippen molar-refractivity contribution in [2.75, 3.05) is 16.0 Å². The number of hydrogen-bond acceptors (Lipinski definition) is 6. The zero-order valence-corrected chi connectivity index (χ0v) is 14.7. The van der Waals surface area contributed by atoms with Gasteiger partial charge in [0.2, 0.25) is 5.91 Å². The van der Waals surface area contributed by atoms with E-state index in [4.69, 9.17) is 11.6 Å². The number of rotatable bonds is 2. The molecule has 2 aromatic rings. The monoisotopic (exact) mass is 386 g/mol. The van der Waals surface area contributed by atoms with Gasteiger partial charge in [0, 0.05) is 5.56 Å². The molecular weight excluding hydrogens is 376 g/mol. The molecule has 1 fully saturated rings. The molecule has 0 unspecified atom stereocenters. The van der Waals surface area contributed by atoms with Crippen LogP contribution in [-0.2, 0) is 9.59 Å². The van der Waals surface area contributed by atoms with Gasteiger partial charge in [-0.05, 0) is 36.4 Å². The summed E-state index contributed by atoms with van der Waals surface area (Å²) in [4.78, 5) is 25.7. The summed E-state index contributed by atoms with van der Waals surface area (Å²) in [6.45, 7) is 0. The van der Waals surface area contributed by atoms with Gasteiger partial charge in [-0.25, -0.2) is 0 Å². The van der Waals surface area contributed by atoms with Gasteiger partial charge in [0.05, 0.1) is 22.2 Å². The van der Waals surface area contributed by atoms with Crippen LogP contribution in [0, 0.1) is 0 Å². The highest BCUT2D eigenvalue weighted by Crippen LogP contribution is 2.31. The molecule has 0 atom stereocenters. The topological polar surface area (TPSA) is 94.4 Å². The number of nitrogens with zero attached hydrogens (tertiary/aromatic N) is 3. The van der Waals surface area contributed by atoms with E-state index >= 15 is 0 Å². The number of amidine groups is 1. The molecule has 0 bridgehead atoms. The van der Waals surface area contributed by atoms with E-state index in [1.54, 1.807) is 30.3 Å². The van der Waals surface area contributed by atoms with Gasteiger partial charge in [0.1, 0.15) is 5.75 Å². The molecule has 2 amide bonds. The lowest BCUT2D eigenvalue weighted by Crippen LogP contribution is -2.29. The normalized spacial score (nSPS) is 19.3. The Morgan fingerprint density at radius 3 is 2.65 bits per heavy atom. The number of halogens is 1. The number of carbonyl (C=O) groups is 2. The van der Waals surface area contributed by atoms with E-state index in [9.17, 15) is 14.7 Å². The third kappa shape index (κ3) is 2.83. The maximum atomic E-state index is 12.2. The average molecular weight is 387 g/mol. The second-order valence-electron chi connectivity index (χ2n) is 5.48. The van der Waals surface area contributed by atoms with Crippen molar-refractivity contribution < 1.29 is 14.7 Å². The fourth-order valence-electron chi connectivity index (χ4n) is 2.64. The molecule has 1 saturated heterocycles. The highest BCUT2D eigenvalue weighted by Gasteiger charge is 2.31. The van der Waals surface area contributed by atoms with E-state index < -0.39 is 5.91 Å². The van der Waals surface area contributed by atoms with Gasteiger partial charge in [0.15, 0.2) is 10.9 Å². The van der Waals surface area contributed by atoms with Crippen molar-refractivity contribution >= 4 is 57.4 Å². The Bertz CT molecular complexity index is 988. The Labute approximate surface area is 157 Å². The number of fused-ring (bicyclic) bond motifs is 1. The summed E-state index contributed by atoms with van der Waals surface area (Å²) in [5.74, 6) is -0.244. The third-order valence-electron chi connectivity index (χ3n) is 3.82. The van der Waals surface area contributed by atoms with Crippen LogP contribution < -0.4 is 10.2 Å². The van der Waals surface area contributed by atoms with E-state index in [2.05, 4.69) is 15.5 Å². The van der Waals surface area contributed by atoms with Crippen molar-refractivity contribution in [1.29, 1.82) is 0 Å². The van der Waals surface area contributed by atoms with Crippen molar-refractivity contribution in [3.63, 3.8) is 0 Å². The summed E-state index contributed by atoms with van der Waals surface area (Å²) >= 11 is 7.39. The van der Waals surface area contributed by atoms with Crippen molar-refractivity contribution in [1.82, 2.24) is 0 Å². The number of hydrogen-bond donors (Lipinski definition) is 2. The first-order valence-corrected chi connectivity index (χ1v) is 8.91. The Kier molecular flexibility index (Phi) is 4.14. The van der Waals surface area contributed by atoms with E-state index in [0.29, 0.717) is 27.1 Å². The summed E-state index contributed by atoms with van der Waals surface area (Å²) in [6.07, 6.45) is 0. The molecule has 2 N–H and O–H groups in total. The molecular formula is C17H11ClN4O3S. The van der Waals surface area contributed by atoms with Crippen LogP contribution in [0.3, 0.4) is 0 Å².